The number of nitrogens with zero attached hydrogens (tertiary/aromatic N) is 3. The number of aromatic nitrogens is 2. The monoisotopic (exact) mass is 321 g/mol. The van der Waals surface area contributed by atoms with Crippen molar-refractivity contribution in [2.24, 2.45) is 0 Å². The molecule has 2 heterocycles. The van der Waals surface area contributed by atoms with Gasteiger partial charge in [-0.05, 0) is 40.4 Å². The summed E-state index contributed by atoms with van der Waals surface area (Å²) in [5, 5.41) is 7.21. The standard InChI is InChI=1S/C15H23N5OS/c1-9(2)19-14(21)12-10(3)11-13(16-6-7-20(4)5)17-8-18-15(11)22-12/h8-9H,6-7H2,1-5H3,(H,19,21)(H,16,17,18). The molecule has 0 aromatic carbocycles. The summed E-state index contributed by atoms with van der Waals surface area (Å²) in [6.45, 7) is 7.56. The van der Waals surface area contributed by atoms with Gasteiger partial charge in [0.25, 0.3) is 5.91 Å². The molecular weight excluding hydrogens is 298 g/mol. The molecule has 2 aromatic rings. The van der Waals surface area contributed by atoms with Crippen molar-refractivity contribution >= 4 is 33.3 Å². The van der Waals surface area contributed by atoms with Crippen LogP contribution in [0, 0.1) is 6.92 Å². The highest BCUT2D eigenvalue weighted by Gasteiger charge is 2.19. The first-order chi connectivity index (χ1) is 10.4. The molecule has 0 spiro atoms. The Labute approximate surface area is 134 Å². The number of anilines is 1. The summed E-state index contributed by atoms with van der Waals surface area (Å²) in [7, 11) is 4.06. The zero-order valence-corrected chi connectivity index (χ0v) is 14.5. The van der Waals surface area contributed by atoms with Crippen molar-refractivity contribution in [1.82, 2.24) is 20.2 Å². The first kappa shape index (κ1) is 16.6. The smallest absolute Gasteiger partial charge is 0.261 e. The van der Waals surface area contributed by atoms with Crippen LogP contribution in [-0.2, 0) is 0 Å². The number of carbonyl (C=O) groups excluding carboxylic acids is 1. The Kier molecular flexibility index (Phi) is 5.31. The van der Waals surface area contributed by atoms with E-state index in [9.17, 15) is 4.79 Å². The zero-order valence-electron chi connectivity index (χ0n) is 13.7. The summed E-state index contributed by atoms with van der Waals surface area (Å²) in [6, 6.07) is 0.112. The predicted molar refractivity (Wildman–Crippen MR) is 91.8 cm³/mol. The van der Waals surface area contributed by atoms with Crippen LogP contribution in [0.1, 0.15) is 29.1 Å². The van der Waals surface area contributed by atoms with Gasteiger partial charge in [0.2, 0.25) is 0 Å². The average molecular weight is 321 g/mol. The number of carbonyl (C=O) groups is 1. The first-order valence-corrected chi connectivity index (χ1v) is 8.15. The van der Waals surface area contributed by atoms with Gasteiger partial charge in [-0.1, -0.05) is 0 Å². The topological polar surface area (TPSA) is 70.1 Å². The molecule has 0 bridgehead atoms. The number of hydrogen-bond acceptors (Lipinski definition) is 6. The lowest BCUT2D eigenvalue weighted by Crippen LogP contribution is -2.29. The van der Waals surface area contributed by atoms with Crippen molar-refractivity contribution in [2.75, 3.05) is 32.5 Å². The van der Waals surface area contributed by atoms with E-state index in [1.807, 2.05) is 34.9 Å². The van der Waals surface area contributed by atoms with E-state index in [2.05, 4.69) is 25.5 Å². The molecule has 6 nitrogen and oxygen atoms in total. The molecule has 0 aliphatic carbocycles. The van der Waals surface area contributed by atoms with Crippen molar-refractivity contribution in [3.63, 3.8) is 0 Å². The average Bonchev–Trinajstić information content (AvgIpc) is 2.76. The molecule has 0 aliphatic rings. The largest absolute Gasteiger partial charge is 0.368 e. The Morgan fingerprint density at radius 3 is 2.73 bits per heavy atom. The Hall–Kier alpha value is -1.73. The second-order valence-corrected chi connectivity index (χ2v) is 6.82. The number of fused-ring (bicyclic) bond motifs is 1. The summed E-state index contributed by atoms with van der Waals surface area (Å²) in [6.07, 6.45) is 1.54. The third kappa shape index (κ3) is 3.72. The summed E-state index contributed by atoms with van der Waals surface area (Å²) in [5.41, 5.74) is 0.936. The summed E-state index contributed by atoms with van der Waals surface area (Å²) in [5.74, 6) is 0.749. The Balaban J connectivity index is 2.32. The lowest BCUT2D eigenvalue weighted by Gasteiger charge is -2.11. The van der Waals surface area contributed by atoms with Crippen molar-refractivity contribution < 1.29 is 4.79 Å². The van der Waals surface area contributed by atoms with Gasteiger partial charge in [0, 0.05) is 19.1 Å². The molecule has 2 rings (SSSR count). The zero-order chi connectivity index (χ0) is 16.3. The van der Waals surface area contributed by atoms with Gasteiger partial charge in [0.05, 0.1) is 10.3 Å². The van der Waals surface area contributed by atoms with Gasteiger partial charge >= 0.3 is 0 Å². The van der Waals surface area contributed by atoms with Crippen LogP contribution in [0.3, 0.4) is 0 Å². The molecular formula is C15H23N5OS. The summed E-state index contributed by atoms with van der Waals surface area (Å²) < 4.78 is 0. The van der Waals surface area contributed by atoms with E-state index in [-0.39, 0.29) is 11.9 Å². The van der Waals surface area contributed by atoms with Gasteiger partial charge in [0.15, 0.2) is 0 Å². The second-order valence-electron chi connectivity index (χ2n) is 5.82. The fourth-order valence-corrected chi connectivity index (χ4v) is 3.20. The third-order valence-corrected chi connectivity index (χ3v) is 4.40. The molecule has 1 amide bonds. The second kappa shape index (κ2) is 7.02. The molecule has 120 valence electrons. The molecule has 0 aliphatic heterocycles. The normalized spacial score (nSPS) is 11.4. The van der Waals surface area contributed by atoms with Crippen LogP contribution in [0.5, 0.6) is 0 Å². The molecule has 2 N–H and O–H groups in total. The Bertz CT molecular complexity index is 665. The van der Waals surface area contributed by atoms with E-state index in [0.717, 1.165) is 34.7 Å². The third-order valence-electron chi connectivity index (χ3n) is 3.20. The van der Waals surface area contributed by atoms with Crippen LogP contribution in [-0.4, -0.2) is 54.0 Å². The molecule has 7 heteroatoms. The fraction of sp³-hybridized carbons (Fsp3) is 0.533. The van der Waals surface area contributed by atoms with E-state index >= 15 is 0 Å². The van der Waals surface area contributed by atoms with Crippen LogP contribution >= 0.6 is 11.3 Å². The van der Waals surface area contributed by atoms with E-state index < -0.39 is 0 Å². The van der Waals surface area contributed by atoms with Crippen molar-refractivity contribution in [3.8, 4) is 0 Å². The Morgan fingerprint density at radius 1 is 1.36 bits per heavy atom. The number of amides is 1. The van der Waals surface area contributed by atoms with Gasteiger partial charge in [0.1, 0.15) is 17.0 Å². The van der Waals surface area contributed by atoms with Crippen LogP contribution < -0.4 is 10.6 Å². The van der Waals surface area contributed by atoms with Crippen LogP contribution in [0.25, 0.3) is 10.2 Å². The van der Waals surface area contributed by atoms with Crippen LogP contribution in [0.15, 0.2) is 6.33 Å². The number of hydrogen-bond donors (Lipinski definition) is 2. The van der Waals surface area contributed by atoms with Gasteiger partial charge in [-0.2, -0.15) is 0 Å². The molecule has 2 aromatic heterocycles. The summed E-state index contributed by atoms with van der Waals surface area (Å²) >= 11 is 1.41. The molecule has 22 heavy (non-hydrogen) atoms. The molecule has 0 radical (unpaired) electrons. The lowest BCUT2D eigenvalue weighted by molar-refractivity contribution is 0.0947. The number of thiophene rings is 1. The summed E-state index contributed by atoms with van der Waals surface area (Å²) in [4.78, 5) is 24.6. The molecule has 0 atom stereocenters. The van der Waals surface area contributed by atoms with E-state index in [0.29, 0.717) is 4.88 Å². The number of rotatable bonds is 6. The van der Waals surface area contributed by atoms with Gasteiger partial charge < -0.3 is 15.5 Å². The van der Waals surface area contributed by atoms with E-state index in [1.54, 1.807) is 6.33 Å². The molecule has 0 saturated heterocycles. The van der Waals surface area contributed by atoms with E-state index in [4.69, 9.17) is 0 Å². The van der Waals surface area contributed by atoms with Crippen molar-refractivity contribution in [1.29, 1.82) is 0 Å². The maximum atomic E-state index is 12.3. The van der Waals surface area contributed by atoms with Gasteiger partial charge in [-0.25, -0.2) is 9.97 Å². The van der Waals surface area contributed by atoms with Crippen molar-refractivity contribution in [3.05, 3.63) is 16.8 Å². The first-order valence-electron chi connectivity index (χ1n) is 7.33. The Morgan fingerprint density at radius 2 is 2.09 bits per heavy atom. The minimum atomic E-state index is -0.0465. The van der Waals surface area contributed by atoms with Gasteiger partial charge in [-0.3, -0.25) is 4.79 Å². The number of likely N-dealkylation sites (N-methyl/N-ethyl adjacent to an activating group) is 1. The minimum absolute atomic E-state index is 0.0465. The highest BCUT2D eigenvalue weighted by Crippen LogP contribution is 2.33. The van der Waals surface area contributed by atoms with Crippen molar-refractivity contribution in [2.45, 2.75) is 26.8 Å². The number of nitrogens with one attached hydrogen (secondary N) is 2. The lowest BCUT2D eigenvalue weighted by atomic mass is 10.2. The highest BCUT2D eigenvalue weighted by molar-refractivity contribution is 7.20. The molecule has 0 fully saturated rings. The van der Waals surface area contributed by atoms with Gasteiger partial charge in [-0.15, -0.1) is 11.3 Å². The SMILES string of the molecule is Cc1c(C(=O)NC(C)C)sc2ncnc(NCCN(C)C)c12. The minimum Gasteiger partial charge on any atom is -0.368 e. The van der Waals surface area contributed by atoms with E-state index in [1.165, 1.54) is 11.3 Å². The maximum Gasteiger partial charge on any atom is 0.261 e. The van der Waals surface area contributed by atoms with Crippen LogP contribution in [0.4, 0.5) is 5.82 Å². The molecule has 0 unspecified atom stereocenters. The van der Waals surface area contributed by atoms with Crippen LogP contribution in [0.2, 0.25) is 0 Å². The maximum absolute atomic E-state index is 12.3. The predicted octanol–water partition coefficient (Wildman–Crippen LogP) is 2.11. The highest BCUT2D eigenvalue weighted by atomic mass is 32.1. The quantitative estimate of drug-likeness (QED) is 0.853. The molecule has 0 saturated carbocycles. The fourth-order valence-electron chi connectivity index (χ4n) is 2.15. The number of aryl methyl sites for hydroxylation is 1.